The lowest BCUT2D eigenvalue weighted by Crippen LogP contribution is -2.36. The lowest BCUT2D eigenvalue weighted by Gasteiger charge is -2.12. The molecule has 1 aromatic rings. The molecule has 1 aromatic carbocycles. The maximum atomic E-state index is 11.7. The molecular formula is C12H14ClN3O3. The van der Waals surface area contributed by atoms with Crippen molar-refractivity contribution in [1.29, 1.82) is 0 Å². The quantitative estimate of drug-likeness (QED) is 0.672. The highest BCUT2D eigenvalue weighted by atomic mass is 35.5. The molecule has 1 unspecified atom stereocenters. The molecule has 1 saturated heterocycles. The molecule has 0 aliphatic carbocycles. The number of halogens is 1. The summed E-state index contributed by atoms with van der Waals surface area (Å²) in [4.78, 5) is 23.8. The van der Waals surface area contributed by atoms with E-state index in [9.17, 15) is 14.9 Å². The van der Waals surface area contributed by atoms with Gasteiger partial charge in [0, 0.05) is 36.8 Å². The molecule has 1 heterocycles. The molecule has 1 fully saturated rings. The molecule has 1 atom stereocenters. The number of amides is 1. The first-order chi connectivity index (χ1) is 8.99. The molecule has 6 nitrogen and oxygen atoms in total. The Kier molecular flexibility index (Phi) is 4.01. The van der Waals surface area contributed by atoms with Gasteiger partial charge in [0.1, 0.15) is 0 Å². The summed E-state index contributed by atoms with van der Waals surface area (Å²) in [6.45, 7) is 0.954. The fraction of sp³-hybridized carbons (Fsp3) is 0.417. The SMILES string of the molecule is CN1CCC(NCc2cc(Cl)ccc2[N+](=O)[O-])C1=O. The van der Waals surface area contributed by atoms with E-state index in [-0.39, 0.29) is 24.2 Å². The number of benzene rings is 1. The Morgan fingerprint density at radius 3 is 2.89 bits per heavy atom. The zero-order chi connectivity index (χ0) is 14.0. The summed E-state index contributed by atoms with van der Waals surface area (Å²) in [5.41, 5.74) is 0.496. The van der Waals surface area contributed by atoms with Crippen molar-refractivity contribution in [1.82, 2.24) is 10.2 Å². The van der Waals surface area contributed by atoms with Crippen LogP contribution in [-0.4, -0.2) is 35.4 Å². The van der Waals surface area contributed by atoms with Gasteiger partial charge in [-0.25, -0.2) is 0 Å². The molecule has 1 aliphatic rings. The van der Waals surface area contributed by atoms with Crippen LogP contribution in [0, 0.1) is 10.1 Å². The summed E-state index contributed by atoms with van der Waals surface area (Å²) in [6.07, 6.45) is 0.712. The van der Waals surface area contributed by atoms with E-state index in [4.69, 9.17) is 11.6 Å². The summed E-state index contributed by atoms with van der Waals surface area (Å²) in [5, 5.41) is 14.4. The molecule has 0 saturated carbocycles. The Morgan fingerprint density at radius 2 is 2.32 bits per heavy atom. The van der Waals surface area contributed by atoms with E-state index in [1.807, 2.05) is 0 Å². The predicted molar refractivity (Wildman–Crippen MR) is 71.0 cm³/mol. The molecule has 102 valence electrons. The number of rotatable bonds is 4. The largest absolute Gasteiger partial charge is 0.344 e. The second-order valence-corrected chi connectivity index (χ2v) is 4.95. The minimum Gasteiger partial charge on any atom is -0.344 e. The molecule has 19 heavy (non-hydrogen) atoms. The van der Waals surface area contributed by atoms with E-state index in [0.717, 1.165) is 0 Å². The van der Waals surface area contributed by atoms with Gasteiger partial charge < -0.3 is 10.2 Å². The fourth-order valence-corrected chi connectivity index (χ4v) is 2.31. The van der Waals surface area contributed by atoms with Crippen LogP contribution >= 0.6 is 11.6 Å². The maximum Gasteiger partial charge on any atom is 0.273 e. The highest BCUT2D eigenvalue weighted by Crippen LogP contribution is 2.23. The van der Waals surface area contributed by atoms with Gasteiger partial charge in [0.25, 0.3) is 5.69 Å². The number of likely N-dealkylation sites (tertiary alicyclic amines) is 1. The van der Waals surface area contributed by atoms with Gasteiger partial charge in [0.2, 0.25) is 5.91 Å². The summed E-state index contributed by atoms with van der Waals surface area (Å²) in [7, 11) is 1.74. The van der Waals surface area contributed by atoms with Gasteiger partial charge in [-0.15, -0.1) is 0 Å². The van der Waals surface area contributed by atoms with E-state index < -0.39 is 4.92 Å². The van der Waals surface area contributed by atoms with Gasteiger partial charge in [0.05, 0.1) is 11.0 Å². The van der Waals surface area contributed by atoms with E-state index >= 15 is 0 Å². The van der Waals surface area contributed by atoms with Crippen molar-refractivity contribution < 1.29 is 9.72 Å². The van der Waals surface area contributed by atoms with Crippen molar-refractivity contribution >= 4 is 23.2 Å². The molecule has 1 amide bonds. The van der Waals surface area contributed by atoms with Crippen LogP contribution in [0.15, 0.2) is 18.2 Å². The highest BCUT2D eigenvalue weighted by molar-refractivity contribution is 6.30. The van der Waals surface area contributed by atoms with Gasteiger partial charge >= 0.3 is 0 Å². The van der Waals surface area contributed by atoms with Crippen LogP contribution in [0.1, 0.15) is 12.0 Å². The molecule has 1 aliphatic heterocycles. The Hall–Kier alpha value is -1.66. The zero-order valence-corrected chi connectivity index (χ0v) is 11.2. The van der Waals surface area contributed by atoms with E-state index in [1.54, 1.807) is 18.0 Å². The molecular weight excluding hydrogens is 270 g/mol. The average Bonchev–Trinajstić information content (AvgIpc) is 2.67. The second kappa shape index (κ2) is 5.54. The first-order valence-corrected chi connectivity index (χ1v) is 6.28. The molecule has 2 rings (SSSR count). The maximum absolute atomic E-state index is 11.7. The Balaban J connectivity index is 2.09. The Bertz CT molecular complexity index is 521. The van der Waals surface area contributed by atoms with Gasteiger partial charge in [-0.1, -0.05) is 11.6 Å². The molecule has 0 spiro atoms. The minimum absolute atomic E-state index is 0.00991. The normalized spacial score (nSPS) is 18.9. The van der Waals surface area contributed by atoms with Gasteiger partial charge in [-0.2, -0.15) is 0 Å². The lowest BCUT2D eigenvalue weighted by atomic mass is 10.1. The standard InChI is InChI=1S/C12H14ClN3O3/c1-15-5-4-10(12(15)17)14-7-8-6-9(13)2-3-11(8)16(18)19/h2-3,6,10,14H,4-5,7H2,1H3. The molecule has 0 aromatic heterocycles. The van der Waals surface area contributed by atoms with Crippen LogP contribution < -0.4 is 5.32 Å². The fourth-order valence-electron chi connectivity index (χ4n) is 2.12. The number of carbonyl (C=O) groups excluding carboxylic acids is 1. The summed E-state index contributed by atoms with van der Waals surface area (Å²) < 4.78 is 0. The number of hydrogen-bond acceptors (Lipinski definition) is 4. The number of nitro groups is 1. The van der Waals surface area contributed by atoms with Crippen LogP contribution in [-0.2, 0) is 11.3 Å². The van der Waals surface area contributed by atoms with Crippen molar-refractivity contribution in [3.8, 4) is 0 Å². The van der Waals surface area contributed by atoms with Gasteiger partial charge in [-0.05, 0) is 18.6 Å². The molecule has 7 heteroatoms. The van der Waals surface area contributed by atoms with Crippen molar-refractivity contribution in [3.05, 3.63) is 38.9 Å². The highest BCUT2D eigenvalue weighted by Gasteiger charge is 2.28. The Morgan fingerprint density at radius 1 is 1.58 bits per heavy atom. The van der Waals surface area contributed by atoms with E-state index in [2.05, 4.69) is 5.32 Å². The monoisotopic (exact) mass is 283 g/mol. The third-order valence-electron chi connectivity index (χ3n) is 3.20. The van der Waals surface area contributed by atoms with Crippen molar-refractivity contribution in [2.75, 3.05) is 13.6 Å². The van der Waals surface area contributed by atoms with Crippen molar-refractivity contribution in [2.45, 2.75) is 19.0 Å². The molecule has 1 N–H and O–H groups in total. The number of carbonyl (C=O) groups is 1. The Labute approximate surface area is 115 Å². The van der Waals surface area contributed by atoms with E-state index in [1.165, 1.54) is 12.1 Å². The molecule has 0 bridgehead atoms. The van der Waals surface area contributed by atoms with Crippen LogP contribution in [0.25, 0.3) is 0 Å². The number of nitrogens with zero attached hydrogens (tertiary/aromatic N) is 2. The van der Waals surface area contributed by atoms with E-state index in [0.29, 0.717) is 23.6 Å². The van der Waals surface area contributed by atoms with Crippen LogP contribution in [0.4, 0.5) is 5.69 Å². The number of likely N-dealkylation sites (N-methyl/N-ethyl adjacent to an activating group) is 1. The second-order valence-electron chi connectivity index (χ2n) is 4.51. The van der Waals surface area contributed by atoms with Crippen LogP contribution in [0.2, 0.25) is 5.02 Å². The zero-order valence-electron chi connectivity index (χ0n) is 10.4. The number of hydrogen-bond donors (Lipinski definition) is 1. The summed E-state index contributed by atoms with van der Waals surface area (Å²) in [5.74, 6) is 0.0182. The average molecular weight is 284 g/mol. The first kappa shape index (κ1) is 13.8. The number of nitrogens with one attached hydrogen (secondary N) is 1. The first-order valence-electron chi connectivity index (χ1n) is 5.90. The smallest absolute Gasteiger partial charge is 0.273 e. The van der Waals surface area contributed by atoms with Crippen LogP contribution in [0.5, 0.6) is 0 Å². The van der Waals surface area contributed by atoms with Gasteiger partial charge in [0.15, 0.2) is 0 Å². The summed E-state index contributed by atoms with van der Waals surface area (Å²) in [6, 6.07) is 4.14. The number of nitro benzene ring substituents is 1. The van der Waals surface area contributed by atoms with Gasteiger partial charge in [-0.3, -0.25) is 14.9 Å². The minimum atomic E-state index is -0.448. The topological polar surface area (TPSA) is 75.5 Å². The summed E-state index contributed by atoms with van der Waals surface area (Å²) >= 11 is 5.84. The van der Waals surface area contributed by atoms with Crippen molar-refractivity contribution in [2.24, 2.45) is 0 Å². The molecule has 0 radical (unpaired) electrons. The van der Waals surface area contributed by atoms with Crippen LogP contribution in [0.3, 0.4) is 0 Å². The predicted octanol–water partition coefficient (Wildman–Crippen LogP) is 1.57. The third kappa shape index (κ3) is 3.02. The third-order valence-corrected chi connectivity index (χ3v) is 3.44. The lowest BCUT2D eigenvalue weighted by molar-refractivity contribution is -0.385. The van der Waals surface area contributed by atoms with Crippen molar-refractivity contribution in [3.63, 3.8) is 0 Å².